The van der Waals surface area contributed by atoms with Crippen molar-refractivity contribution < 1.29 is 0 Å². The summed E-state index contributed by atoms with van der Waals surface area (Å²) in [5, 5.41) is 5.06. The minimum absolute atomic E-state index is 1.10. The van der Waals surface area contributed by atoms with Gasteiger partial charge in [-0.3, -0.25) is 0 Å². The molecule has 9 aromatic carbocycles. The van der Waals surface area contributed by atoms with Crippen molar-refractivity contribution in [3.05, 3.63) is 218 Å². The van der Waals surface area contributed by atoms with Gasteiger partial charge in [-0.25, -0.2) is 0 Å². The van der Waals surface area contributed by atoms with Gasteiger partial charge in [-0.1, -0.05) is 158 Å². The Hall–Kier alpha value is -7.16. The normalized spacial score (nSPS) is 11.3. The fourth-order valence-electron chi connectivity index (χ4n) is 7.95. The minimum atomic E-state index is 1.10. The maximum Gasteiger partial charge on any atom is 0.0541 e. The SMILES string of the molecule is c1ccc(-c2ccc(N(c3ccc(-c4ccc(-n5c6ccccc6c6ccccc65)cc4)cc3)c3ccc(-c4cccc5ccccc45)cc3)cc2)cc1. The third-order valence-corrected chi connectivity index (χ3v) is 10.6. The van der Waals surface area contributed by atoms with Crippen molar-refractivity contribution in [1.29, 1.82) is 0 Å². The van der Waals surface area contributed by atoms with Crippen LogP contribution in [-0.2, 0) is 0 Å². The van der Waals surface area contributed by atoms with Gasteiger partial charge in [0.1, 0.15) is 0 Å². The first-order valence-electron chi connectivity index (χ1n) is 18.5. The lowest BCUT2D eigenvalue weighted by Gasteiger charge is -2.26. The van der Waals surface area contributed by atoms with Gasteiger partial charge in [-0.05, 0) is 105 Å². The number of hydrogen-bond acceptors (Lipinski definition) is 1. The van der Waals surface area contributed by atoms with Gasteiger partial charge in [0.25, 0.3) is 0 Å². The van der Waals surface area contributed by atoms with Crippen LogP contribution in [0.3, 0.4) is 0 Å². The Bertz CT molecular complexity index is 2830. The lowest BCUT2D eigenvalue weighted by Crippen LogP contribution is -2.09. The summed E-state index contributed by atoms with van der Waals surface area (Å²) in [6.45, 7) is 0. The van der Waals surface area contributed by atoms with Crippen LogP contribution in [0.2, 0.25) is 0 Å². The molecule has 1 aromatic heterocycles. The zero-order valence-corrected chi connectivity index (χ0v) is 29.7. The molecule has 10 aromatic rings. The topological polar surface area (TPSA) is 8.17 Å². The minimum Gasteiger partial charge on any atom is -0.311 e. The number of fused-ring (bicyclic) bond motifs is 4. The predicted octanol–water partition coefficient (Wildman–Crippen LogP) is 14.4. The highest BCUT2D eigenvalue weighted by Crippen LogP contribution is 2.39. The van der Waals surface area contributed by atoms with E-state index in [1.165, 1.54) is 66.0 Å². The summed E-state index contributed by atoms with van der Waals surface area (Å²) in [7, 11) is 0. The molecule has 0 fully saturated rings. The molecule has 0 saturated heterocycles. The summed E-state index contributed by atoms with van der Waals surface area (Å²) in [5.74, 6) is 0. The van der Waals surface area contributed by atoms with Crippen LogP contribution in [0, 0.1) is 0 Å². The monoisotopic (exact) mass is 688 g/mol. The van der Waals surface area contributed by atoms with Crippen molar-refractivity contribution in [2.24, 2.45) is 0 Å². The molecular weight excluding hydrogens is 653 g/mol. The third-order valence-electron chi connectivity index (χ3n) is 10.6. The number of rotatable bonds is 7. The summed E-state index contributed by atoms with van der Waals surface area (Å²) in [4.78, 5) is 2.34. The first kappa shape index (κ1) is 31.6. The lowest BCUT2D eigenvalue weighted by atomic mass is 9.98. The van der Waals surface area contributed by atoms with Gasteiger partial charge >= 0.3 is 0 Å². The van der Waals surface area contributed by atoms with Crippen LogP contribution in [0.1, 0.15) is 0 Å². The van der Waals surface area contributed by atoms with Crippen LogP contribution < -0.4 is 4.90 Å². The number of nitrogens with zero attached hydrogens (tertiary/aromatic N) is 2. The molecule has 0 radical (unpaired) electrons. The highest BCUT2D eigenvalue weighted by atomic mass is 15.1. The molecule has 10 rings (SSSR count). The quantitative estimate of drug-likeness (QED) is 0.162. The number of para-hydroxylation sites is 2. The van der Waals surface area contributed by atoms with E-state index in [0.717, 1.165) is 22.7 Å². The molecule has 0 aliphatic rings. The Morgan fingerprint density at radius 1 is 0.278 bits per heavy atom. The zero-order valence-electron chi connectivity index (χ0n) is 29.7. The van der Waals surface area contributed by atoms with E-state index in [2.05, 4.69) is 228 Å². The van der Waals surface area contributed by atoms with Gasteiger partial charge in [-0.2, -0.15) is 0 Å². The summed E-state index contributed by atoms with van der Waals surface area (Å²) in [6.07, 6.45) is 0. The van der Waals surface area contributed by atoms with E-state index in [4.69, 9.17) is 0 Å². The Balaban J connectivity index is 0.999. The second-order valence-corrected chi connectivity index (χ2v) is 13.8. The molecule has 0 amide bonds. The standard InChI is InChI=1S/C52H36N2/c1-2-11-37(12-3-1)38-21-29-43(30-22-38)53(45-35-27-42(28-36-45)48-18-10-14-41-13-4-5-15-47(41)48)44-31-23-39(24-32-44)40-25-33-46(34-26-40)54-51-19-8-6-16-49(51)50-17-7-9-20-52(50)54/h1-36H. The second kappa shape index (κ2) is 13.4. The summed E-state index contributed by atoms with van der Waals surface area (Å²) in [6, 6.07) is 78.8. The first-order chi connectivity index (χ1) is 26.8. The second-order valence-electron chi connectivity index (χ2n) is 13.8. The molecule has 0 spiro atoms. The van der Waals surface area contributed by atoms with E-state index in [9.17, 15) is 0 Å². The van der Waals surface area contributed by atoms with E-state index in [0.29, 0.717) is 0 Å². The summed E-state index contributed by atoms with van der Waals surface area (Å²) >= 11 is 0. The largest absolute Gasteiger partial charge is 0.311 e. The van der Waals surface area contributed by atoms with Crippen molar-refractivity contribution in [2.75, 3.05) is 4.90 Å². The maximum absolute atomic E-state index is 2.37. The average Bonchev–Trinajstić information content (AvgIpc) is 3.59. The van der Waals surface area contributed by atoms with E-state index < -0.39 is 0 Å². The smallest absolute Gasteiger partial charge is 0.0541 e. The fourth-order valence-corrected chi connectivity index (χ4v) is 7.95. The molecule has 0 aliphatic heterocycles. The molecule has 0 aliphatic carbocycles. The van der Waals surface area contributed by atoms with Crippen molar-refractivity contribution in [1.82, 2.24) is 4.57 Å². The van der Waals surface area contributed by atoms with E-state index in [-0.39, 0.29) is 0 Å². The van der Waals surface area contributed by atoms with Crippen LogP contribution in [-0.4, -0.2) is 4.57 Å². The van der Waals surface area contributed by atoms with Gasteiger partial charge in [0.05, 0.1) is 11.0 Å². The lowest BCUT2D eigenvalue weighted by molar-refractivity contribution is 1.18. The van der Waals surface area contributed by atoms with E-state index in [1.807, 2.05) is 0 Å². The van der Waals surface area contributed by atoms with Gasteiger partial charge in [0, 0.05) is 33.5 Å². The molecule has 0 saturated carbocycles. The molecule has 1 heterocycles. The predicted molar refractivity (Wildman–Crippen MR) is 229 cm³/mol. The van der Waals surface area contributed by atoms with E-state index >= 15 is 0 Å². The third kappa shape index (κ3) is 5.62. The average molecular weight is 689 g/mol. The van der Waals surface area contributed by atoms with E-state index in [1.54, 1.807) is 0 Å². The van der Waals surface area contributed by atoms with Crippen molar-refractivity contribution in [3.63, 3.8) is 0 Å². The molecule has 54 heavy (non-hydrogen) atoms. The summed E-state index contributed by atoms with van der Waals surface area (Å²) in [5.41, 5.74) is 14.1. The van der Waals surface area contributed by atoms with Gasteiger partial charge < -0.3 is 9.47 Å². The molecule has 0 unspecified atom stereocenters. The van der Waals surface area contributed by atoms with Crippen LogP contribution in [0.4, 0.5) is 17.1 Å². The zero-order chi connectivity index (χ0) is 35.8. The highest BCUT2D eigenvalue weighted by Gasteiger charge is 2.15. The molecule has 0 bridgehead atoms. The number of benzene rings is 9. The van der Waals surface area contributed by atoms with Crippen LogP contribution >= 0.6 is 0 Å². The summed E-state index contributed by atoms with van der Waals surface area (Å²) < 4.78 is 2.37. The first-order valence-corrected chi connectivity index (χ1v) is 18.5. The van der Waals surface area contributed by atoms with Crippen molar-refractivity contribution in [3.8, 4) is 39.1 Å². The number of hydrogen-bond donors (Lipinski definition) is 0. The number of aromatic nitrogens is 1. The fraction of sp³-hybridized carbons (Fsp3) is 0. The molecular formula is C52H36N2. The Morgan fingerprint density at radius 3 is 1.24 bits per heavy atom. The van der Waals surface area contributed by atoms with Gasteiger partial charge in [-0.15, -0.1) is 0 Å². The Kier molecular flexibility index (Phi) is 7.85. The van der Waals surface area contributed by atoms with Gasteiger partial charge in [0.2, 0.25) is 0 Å². The molecule has 0 atom stereocenters. The van der Waals surface area contributed by atoms with Crippen LogP contribution in [0.5, 0.6) is 0 Å². The van der Waals surface area contributed by atoms with Gasteiger partial charge in [0.15, 0.2) is 0 Å². The Morgan fingerprint density at radius 2 is 0.685 bits per heavy atom. The molecule has 2 nitrogen and oxygen atoms in total. The number of anilines is 3. The Labute approximate surface area is 315 Å². The maximum atomic E-state index is 2.37. The van der Waals surface area contributed by atoms with Crippen molar-refractivity contribution >= 4 is 49.6 Å². The highest BCUT2D eigenvalue weighted by molar-refractivity contribution is 6.09. The van der Waals surface area contributed by atoms with Crippen LogP contribution in [0.15, 0.2) is 218 Å². The van der Waals surface area contributed by atoms with Crippen LogP contribution in [0.25, 0.3) is 71.6 Å². The molecule has 0 N–H and O–H groups in total. The molecule has 254 valence electrons. The molecule has 2 heteroatoms. The van der Waals surface area contributed by atoms with Crippen molar-refractivity contribution in [2.45, 2.75) is 0 Å².